The van der Waals surface area contributed by atoms with Crippen molar-refractivity contribution in [3.05, 3.63) is 42.5 Å². The van der Waals surface area contributed by atoms with Gasteiger partial charge in [-0.1, -0.05) is 24.8 Å². The molecule has 0 heterocycles. The first-order valence-electron chi connectivity index (χ1n) is 3.55. The molecule has 57 valence electrons. The van der Waals surface area contributed by atoms with Crippen molar-refractivity contribution in [3.8, 4) is 5.75 Å². The van der Waals surface area contributed by atoms with Gasteiger partial charge in [-0.3, -0.25) is 0 Å². The Kier molecular flexibility index (Phi) is 2.73. The molecule has 0 spiro atoms. The van der Waals surface area contributed by atoms with Crippen LogP contribution in [-0.4, -0.2) is 6.61 Å². The van der Waals surface area contributed by atoms with Gasteiger partial charge in [0.25, 0.3) is 0 Å². The van der Waals surface area contributed by atoms with Crippen LogP contribution in [0.1, 0.15) is 5.56 Å². The maximum absolute atomic E-state index is 5.34. The molecule has 0 aliphatic heterocycles. The Morgan fingerprint density at radius 1 is 1.73 bits per heavy atom. The van der Waals surface area contributed by atoms with Crippen LogP contribution in [0.25, 0.3) is 0 Å². The van der Waals surface area contributed by atoms with E-state index in [-0.39, 0.29) is 0 Å². The Labute approximate surface area is 67.3 Å². The van der Waals surface area contributed by atoms with E-state index < -0.39 is 0 Å². The molecule has 0 amide bonds. The number of hydrogen-bond acceptors (Lipinski definition) is 1. The van der Waals surface area contributed by atoms with Gasteiger partial charge in [-0.05, 0) is 24.6 Å². The van der Waals surface area contributed by atoms with Crippen molar-refractivity contribution in [2.75, 3.05) is 6.61 Å². The van der Waals surface area contributed by atoms with Gasteiger partial charge < -0.3 is 4.74 Å². The van der Waals surface area contributed by atoms with Gasteiger partial charge in [-0.15, -0.1) is 0 Å². The highest BCUT2D eigenvalue weighted by Gasteiger charge is 1.94. The van der Waals surface area contributed by atoms with E-state index in [2.05, 4.69) is 12.6 Å². The van der Waals surface area contributed by atoms with E-state index in [0.29, 0.717) is 6.61 Å². The number of hydrogen-bond donors (Lipinski definition) is 0. The summed E-state index contributed by atoms with van der Waals surface area (Å²) < 4.78 is 5.34. The quantitative estimate of drug-likeness (QED) is 0.596. The average Bonchev–Trinajstić information content (AvgIpc) is 2.03. The molecule has 0 saturated heterocycles. The lowest BCUT2D eigenvalue weighted by Crippen LogP contribution is -1.94. The molecule has 1 heteroatoms. The summed E-state index contributed by atoms with van der Waals surface area (Å²) in [7, 11) is 0. The maximum Gasteiger partial charge on any atom is 0.123 e. The first-order valence-corrected chi connectivity index (χ1v) is 3.55. The Balaban J connectivity index is 2.69. The molecule has 1 radical (unpaired) electrons. The Hall–Kier alpha value is -1.24. The number of rotatable bonds is 3. The van der Waals surface area contributed by atoms with Crippen LogP contribution in [0, 0.1) is 13.0 Å². The summed E-state index contributed by atoms with van der Waals surface area (Å²) in [4.78, 5) is 0. The first kappa shape index (κ1) is 7.86. The molecule has 0 aliphatic rings. The van der Waals surface area contributed by atoms with Gasteiger partial charge in [-0.25, -0.2) is 0 Å². The molecule has 1 aromatic carbocycles. The van der Waals surface area contributed by atoms with E-state index in [1.165, 1.54) is 0 Å². The predicted octanol–water partition coefficient (Wildman–Crippen LogP) is 2.36. The molecule has 1 rings (SSSR count). The molecule has 0 saturated carbocycles. The molecular weight excluding hydrogens is 136 g/mol. The Morgan fingerprint density at radius 2 is 2.55 bits per heavy atom. The summed E-state index contributed by atoms with van der Waals surface area (Å²) in [5, 5.41) is 0. The van der Waals surface area contributed by atoms with Crippen molar-refractivity contribution < 1.29 is 4.74 Å². The zero-order valence-corrected chi connectivity index (χ0v) is 6.63. The molecule has 1 nitrogen and oxygen atoms in total. The predicted molar refractivity (Wildman–Crippen MR) is 45.7 cm³/mol. The summed E-state index contributed by atoms with van der Waals surface area (Å²) in [6.07, 6.45) is 1.73. The molecular formula is C10H11O. The zero-order valence-electron chi connectivity index (χ0n) is 6.63. The lowest BCUT2D eigenvalue weighted by molar-refractivity contribution is 0.360. The third-order valence-corrected chi connectivity index (χ3v) is 1.39. The molecule has 0 atom stereocenters. The molecule has 1 aromatic rings. The largest absolute Gasteiger partial charge is 0.489 e. The van der Waals surface area contributed by atoms with Crippen LogP contribution < -0.4 is 4.74 Å². The van der Waals surface area contributed by atoms with Gasteiger partial charge in [0.1, 0.15) is 12.4 Å². The number of ether oxygens (including phenoxy) is 1. The van der Waals surface area contributed by atoms with Crippen LogP contribution in [0.3, 0.4) is 0 Å². The van der Waals surface area contributed by atoms with Gasteiger partial charge in [0, 0.05) is 0 Å². The zero-order chi connectivity index (χ0) is 8.10. The van der Waals surface area contributed by atoms with E-state index in [9.17, 15) is 0 Å². The lowest BCUT2D eigenvalue weighted by atomic mass is 10.2. The van der Waals surface area contributed by atoms with Gasteiger partial charge >= 0.3 is 0 Å². The minimum absolute atomic E-state index is 0.554. The summed E-state index contributed by atoms with van der Waals surface area (Å²) in [6.45, 7) is 6.13. The Bertz CT molecular complexity index is 240. The van der Waals surface area contributed by atoms with E-state index in [1.807, 2.05) is 25.1 Å². The standard InChI is InChI=1S/C10H11O/c1-3-8-11-10-7-5-4-6-9(10)2/h3-4,6-7H,1,8H2,2H3. The fourth-order valence-electron chi connectivity index (χ4n) is 0.797. The second-order valence-corrected chi connectivity index (χ2v) is 2.29. The second-order valence-electron chi connectivity index (χ2n) is 2.29. The summed E-state index contributed by atoms with van der Waals surface area (Å²) in [5.41, 5.74) is 1.13. The minimum atomic E-state index is 0.554. The highest BCUT2D eigenvalue weighted by atomic mass is 16.5. The normalized spacial score (nSPS) is 9.18. The second kappa shape index (κ2) is 3.81. The minimum Gasteiger partial charge on any atom is -0.489 e. The third-order valence-electron chi connectivity index (χ3n) is 1.39. The lowest BCUT2D eigenvalue weighted by Gasteiger charge is -2.04. The molecule has 0 fully saturated rings. The van der Waals surface area contributed by atoms with Crippen molar-refractivity contribution in [3.63, 3.8) is 0 Å². The van der Waals surface area contributed by atoms with E-state index in [0.717, 1.165) is 11.3 Å². The molecule has 0 aliphatic carbocycles. The van der Waals surface area contributed by atoms with Gasteiger partial charge in [0.05, 0.1) is 0 Å². The molecule has 11 heavy (non-hydrogen) atoms. The van der Waals surface area contributed by atoms with Gasteiger partial charge in [0.2, 0.25) is 0 Å². The van der Waals surface area contributed by atoms with Gasteiger partial charge in [0.15, 0.2) is 0 Å². The van der Waals surface area contributed by atoms with Crippen LogP contribution in [0.4, 0.5) is 0 Å². The molecule has 0 unspecified atom stereocenters. The van der Waals surface area contributed by atoms with E-state index >= 15 is 0 Å². The van der Waals surface area contributed by atoms with Crippen molar-refractivity contribution in [2.45, 2.75) is 6.92 Å². The molecule has 0 aromatic heterocycles. The van der Waals surface area contributed by atoms with Crippen LogP contribution >= 0.6 is 0 Å². The van der Waals surface area contributed by atoms with Crippen LogP contribution in [0.2, 0.25) is 0 Å². The SMILES string of the molecule is C=CCOc1c[c]ccc1C. The molecule has 0 bridgehead atoms. The monoisotopic (exact) mass is 147 g/mol. The Morgan fingerprint density at radius 3 is 3.18 bits per heavy atom. The maximum atomic E-state index is 5.34. The third kappa shape index (κ3) is 2.11. The van der Waals surface area contributed by atoms with E-state index in [1.54, 1.807) is 6.08 Å². The van der Waals surface area contributed by atoms with E-state index in [4.69, 9.17) is 4.74 Å². The smallest absolute Gasteiger partial charge is 0.123 e. The summed E-state index contributed by atoms with van der Waals surface area (Å²) in [6, 6.07) is 8.63. The average molecular weight is 147 g/mol. The summed E-state index contributed by atoms with van der Waals surface area (Å²) >= 11 is 0. The fourth-order valence-corrected chi connectivity index (χ4v) is 0.797. The summed E-state index contributed by atoms with van der Waals surface area (Å²) in [5.74, 6) is 0.882. The number of aryl methyl sites for hydroxylation is 1. The van der Waals surface area contributed by atoms with Crippen LogP contribution in [0.5, 0.6) is 5.75 Å². The number of benzene rings is 1. The van der Waals surface area contributed by atoms with Crippen LogP contribution in [0.15, 0.2) is 30.9 Å². The van der Waals surface area contributed by atoms with Crippen molar-refractivity contribution in [1.82, 2.24) is 0 Å². The van der Waals surface area contributed by atoms with Crippen molar-refractivity contribution in [1.29, 1.82) is 0 Å². The fraction of sp³-hybridized carbons (Fsp3) is 0.200. The van der Waals surface area contributed by atoms with Crippen LogP contribution in [-0.2, 0) is 0 Å². The molecule has 0 N–H and O–H groups in total. The first-order chi connectivity index (χ1) is 5.34. The van der Waals surface area contributed by atoms with Crippen molar-refractivity contribution in [2.24, 2.45) is 0 Å². The highest BCUT2D eigenvalue weighted by molar-refractivity contribution is 5.31. The van der Waals surface area contributed by atoms with Gasteiger partial charge in [-0.2, -0.15) is 0 Å². The topological polar surface area (TPSA) is 9.23 Å². The van der Waals surface area contributed by atoms with Crippen molar-refractivity contribution >= 4 is 0 Å². The highest BCUT2D eigenvalue weighted by Crippen LogP contribution is 2.15.